The molecule has 1 aromatic carbocycles. The summed E-state index contributed by atoms with van der Waals surface area (Å²) in [6, 6.07) is 12.8. The van der Waals surface area contributed by atoms with Crippen LogP contribution in [0.25, 0.3) is 0 Å². The van der Waals surface area contributed by atoms with Gasteiger partial charge in [-0.3, -0.25) is 0 Å². The number of para-hydroxylation sites is 1. The molecule has 0 unspecified atom stereocenters. The van der Waals surface area contributed by atoms with Gasteiger partial charge in [-0.15, -0.1) is 0 Å². The second-order valence-corrected chi connectivity index (χ2v) is 4.07. The van der Waals surface area contributed by atoms with Crippen molar-refractivity contribution in [3.63, 3.8) is 0 Å². The predicted octanol–water partition coefficient (Wildman–Crippen LogP) is 2.87. The van der Waals surface area contributed by atoms with Crippen LogP contribution in [-0.2, 0) is 0 Å². The van der Waals surface area contributed by atoms with E-state index in [0.29, 0.717) is 18.8 Å². The zero-order chi connectivity index (χ0) is 14.2. The lowest BCUT2D eigenvalue weighted by Crippen LogP contribution is -2.09. The normalized spacial score (nSPS) is 10.0. The van der Waals surface area contributed by atoms with E-state index < -0.39 is 4.92 Å². The molecule has 2 aromatic rings. The largest absolute Gasteiger partial charge is 0.494 e. The van der Waals surface area contributed by atoms with Crippen LogP contribution in [0.15, 0.2) is 48.7 Å². The van der Waals surface area contributed by atoms with Crippen LogP contribution in [0.4, 0.5) is 11.5 Å². The summed E-state index contributed by atoms with van der Waals surface area (Å²) in [5, 5.41) is 13.8. The van der Waals surface area contributed by atoms with E-state index >= 15 is 0 Å². The van der Waals surface area contributed by atoms with Gasteiger partial charge in [0.1, 0.15) is 17.6 Å². The van der Waals surface area contributed by atoms with E-state index in [1.54, 1.807) is 12.1 Å². The monoisotopic (exact) mass is 273 g/mol. The zero-order valence-electron chi connectivity index (χ0n) is 10.9. The van der Waals surface area contributed by atoms with Gasteiger partial charge in [0, 0.05) is 6.54 Å². The zero-order valence-corrected chi connectivity index (χ0v) is 10.9. The summed E-state index contributed by atoms with van der Waals surface area (Å²) in [7, 11) is 0. The van der Waals surface area contributed by atoms with Gasteiger partial charge >= 0.3 is 5.82 Å². The second-order valence-electron chi connectivity index (χ2n) is 4.07. The maximum absolute atomic E-state index is 10.8. The Balaban J connectivity index is 1.75. The van der Waals surface area contributed by atoms with Crippen molar-refractivity contribution >= 4 is 11.5 Å². The summed E-state index contributed by atoms with van der Waals surface area (Å²) in [6.07, 6.45) is 2.14. The Labute approximate surface area is 116 Å². The third-order valence-electron chi connectivity index (χ3n) is 2.61. The highest BCUT2D eigenvalue weighted by atomic mass is 16.6. The second kappa shape index (κ2) is 7.08. The van der Waals surface area contributed by atoms with E-state index in [0.717, 1.165) is 12.2 Å². The Bertz CT molecular complexity index is 561. The fraction of sp³-hybridized carbons (Fsp3) is 0.214. The first-order chi connectivity index (χ1) is 9.77. The number of rotatable bonds is 7. The van der Waals surface area contributed by atoms with Gasteiger partial charge in [-0.05, 0) is 40.6 Å². The van der Waals surface area contributed by atoms with Gasteiger partial charge in [0.25, 0.3) is 0 Å². The maximum atomic E-state index is 10.8. The molecule has 1 aromatic heterocycles. The first-order valence-electron chi connectivity index (χ1n) is 6.28. The van der Waals surface area contributed by atoms with Crippen LogP contribution >= 0.6 is 0 Å². The number of hydrogen-bond acceptors (Lipinski definition) is 5. The van der Waals surface area contributed by atoms with Crippen molar-refractivity contribution < 1.29 is 9.66 Å². The smallest absolute Gasteiger partial charge is 0.386 e. The predicted molar refractivity (Wildman–Crippen MR) is 75.9 cm³/mol. The van der Waals surface area contributed by atoms with E-state index in [2.05, 4.69) is 10.3 Å². The van der Waals surface area contributed by atoms with Crippen molar-refractivity contribution in [1.29, 1.82) is 0 Å². The molecule has 104 valence electrons. The number of nitrogens with one attached hydrogen (secondary N) is 1. The minimum Gasteiger partial charge on any atom is -0.494 e. The lowest BCUT2D eigenvalue weighted by molar-refractivity contribution is -0.388. The first kappa shape index (κ1) is 13.8. The molecule has 6 heteroatoms. The van der Waals surface area contributed by atoms with Crippen LogP contribution in [-0.4, -0.2) is 23.1 Å². The third-order valence-corrected chi connectivity index (χ3v) is 2.61. The standard InChI is InChI=1S/C14H15N3O3/c18-17(19)14-13(8-4-9-16-14)15-10-5-11-20-12-6-2-1-3-7-12/h1-4,6-9,15H,5,10-11H2. The summed E-state index contributed by atoms with van der Waals surface area (Å²) >= 11 is 0. The summed E-state index contributed by atoms with van der Waals surface area (Å²) in [5.74, 6) is 0.663. The fourth-order valence-corrected chi connectivity index (χ4v) is 1.68. The summed E-state index contributed by atoms with van der Waals surface area (Å²) in [5.41, 5.74) is 0.428. The average molecular weight is 273 g/mol. The quantitative estimate of drug-likeness (QED) is 0.477. The van der Waals surface area contributed by atoms with Crippen molar-refractivity contribution in [2.75, 3.05) is 18.5 Å². The van der Waals surface area contributed by atoms with Gasteiger partial charge in [0.05, 0.1) is 6.61 Å². The van der Waals surface area contributed by atoms with Crippen molar-refractivity contribution in [1.82, 2.24) is 4.98 Å². The fourth-order valence-electron chi connectivity index (χ4n) is 1.68. The highest BCUT2D eigenvalue weighted by molar-refractivity contribution is 5.56. The molecular weight excluding hydrogens is 258 g/mol. The minimum atomic E-state index is -0.497. The number of ether oxygens (including phenoxy) is 1. The molecule has 0 aliphatic rings. The summed E-state index contributed by atoms with van der Waals surface area (Å²) in [4.78, 5) is 14.0. The number of nitro groups is 1. The Morgan fingerprint density at radius 1 is 1.20 bits per heavy atom. The van der Waals surface area contributed by atoms with Gasteiger partial charge in [-0.2, -0.15) is 0 Å². The molecule has 1 heterocycles. The van der Waals surface area contributed by atoms with Gasteiger partial charge in [0.15, 0.2) is 0 Å². The van der Waals surface area contributed by atoms with Gasteiger partial charge in [-0.1, -0.05) is 18.2 Å². The van der Waals surface area contributed by atoms with Crippen molar-refractivity contribution in [3.05, 3.63) is 58.8 Å². The Morgan fingerprint density at radius 3 is 2.75 bits per heavy atom. The molecule has 0 fully saturated rings. The van der Waals surface area contributed by atoms with E-state index in [1.807, 2.05) is 30.3 Å². The molecule has 0 spiro atoms. The van der Waals surface area contributed by atoms with Crippen LogP contribution in [0.2, 0.25) is 0 Å². The molecule has 6 nitrogen and oxygen atoms in total. The van der Waals surface area contributed by atoms with E-state index in [4.69, 9.17) is 4.74 Å². The average Bonchev–Trinajstić information content (AvgIpc) is 2.48. The molecule has 0 bridgehead atoms. The molecule has 0 radical (unpaired) electrons. The van der Waals surface area contributed by atoms with Gasteiger partial charge < -0.3 is 20.2 Å². The number of benzene rings is 1. The molecule has 20 heavy (non-hydrogen) atoms. The molecule has 0 atom stereocenters. The highest BCUT2D eigenvalue weighted by Crippen LogP contribution is 2.19. The third kappa shape index (κ3) is 3.94. The van der Waals surface area contributed by atoms with E-state index in [1.165, 1.54) is 6.20 Å². The molecule has 0 saturated heterocycles. The molecule has 2 rings (SSSR count). The van der Waals surface area contributed by atoms with Crippen LogP contribution in [0.5, 0.6) is 5.75 Å². The SMILES string of the molecule is O=[N+]([O-])c1ncccc1NCCCOc1ccccc1. The van der Waals surface area contributed by atoms with Crippen LogP contribution in [0, 0.1) is 10.1 Å². The first-order valence-corrected chi connectivity index (χ1v) is 6.28. The maximum Gasteiger partial charge on any atom is 0.386 e. The molecule has 0 aliphatic heterocycles. The molecule has 1 N–H and O–H groups in total. The Kier molecular flexibility index (Phi) is 4.88. The Morgan fingerprint density at radius 2 is 2.00 bits per heavy atom. The van der Waals surface area contributed by atoms with E-state index in [9.17, 15) is 10.1 Å². The van der Waals surface area contributed by atoms with Crippen LogP contribution < -0.4 is 10.1 Å². The topological polar surface area (TPSA) is 77.3 Å². The summed E-state index contributed by atoms with van der Waals surface area (Å²) < 4.78 is 5.53. The lowest BCUT2D eigenvalue weighted by Gasteiger charge is -2.08. The lowest BCUT2D eigenvalue weighted by atomic mass is 10.3. The molecule has 0 saturated carbocycles. The Hall–Kier alpha value is -2.63. The van der Waals surface area contributed by atoms with Crippen LogP contribution in [0.3, 0.4) is 0 Å². The van der Waals surface area contributed by atoms with Crippen molar-refractivity contribution in [2.24, 2.45) is 0 Å². The van der Waals surface area contributed by atoms with Gasteiger partial charge in [-0.25, -0.2) is 0 Å². The molecule has 0 amide bonds. The number of hydrogen-bond donors (Lipinski definition) is 1. The van der Waals surface area contributed by atoms with Gasteiger partial charge in [0.2, 0.25) is 0 Å². The van der Waals surface area contributed by atoms with E-state index in [-0.39, 0.29) is 5.82 Å². The number of aromatic nitrogens is 1. The summed E-state index contributed by atoms with van der Waals surface area (Å²) in [6.45, 7) is 1.13. The van der Waals surface area contributed by atoms with Crippen LogP contribution in [0.1, 0.15) is 6.42 Å². The number of anilines is 1. The highest BCUT2D eigenvalue weighted by Gasteiger charge is 2.12. The molecular formula is C14H15N3O3. The van der Waals surface area contributed by atoms with Crippen molar-refractivity contribution in [3.8, 4) is 5.75 Å². The van der Waals surface area contributed by atoms with Crippen molar-refractivity contribution in [2.45, 2.75) is 6.42 Å². The molecule has 0 aliphatic carbocycles. The number of pyridine rings is 1. The minimum absolute atomic E-state index is 0.156. The number of nitrogens with zero attached hydrogens (tertiary/aromatic N) is 2.